The van der Waals surface area contributed by atoms with Gasteiger partial charge in [0, 0.05) is 12.7 Å². The maximum atomic E-state index is 10.1. The van der Waals surface area contributed by atoms with Gasteiger partial charge in [-0.2, -0.15) is 0 Å². The van der Waals surface area contributed by atoms with Crippen molar-refractivity contribution in [2.45, 2.75) is 80.9 Å². The fourth-order valence-electron chi connectivity index (χ4n) is 6.35. The molecule has 0 amide bonds. The molecule has 326 valence electrons. The highest BCUT2D eigenvalue weighted by atomic mass is 16.5. The molecule has 0 spiro atoms. The minimum Gasteiger partial charge on any atom is -0.489 e. The molecule has 2 N–H and O–H groups in total. The Morgan fingerprint density at radius 3 is 0.873 bits per heavy atom. The topological polar surface area (TPSA) is 95.8 Å². The first-order valence-corrected chi connectivity index (χ1v) is 21.3. The van der Waals surface area contributed by atoms with Gasteiger partial charge in [0.15, 0.2) is 23.0 Å². The summed E-state index contributed by atoms with van der Waals surface area (Å²) in [5.41, 5.74) is 11.5. The average Bonchev–Trinajstić information content (AvgIpc) is 3.30. The normalized spacial score (nSPS) is 10.7. The number of aliphatic hydroxyl groups is 2. The largest absolute Gasteiger partial charge is 0.489 e. The third-order valence-electron chi connectivity index (χ3n) is 10.0. The Kier molecular flexibility index (Phi) is 17.1. The molecule has 0 atom stereocenters. The Morgan fingerprint density at radius 2 is 0.571 bits per heavy atom. The van der Waals surface area contributed by atoms with E-state index >= 15 is 0 Å². The van der Waals surface area contributed by atoms with E-state index in [4.69, 9.17) is 33.5 Å². The number of aryl methyl sites for hydroxylation is 4. The second-order valence-corrected chi connectivity index (χ2v) is 15.5. The summed E-state index contributed by atoms with van der Waals surface area (Å²) in [5, 5.41) is 17.7. The summed E-state index contributed by atoms with van der Waals surface area (Å²) in [6.45, 7) is 12.2. The van der Waals surface area contributed by atoms with Crippen molar-refractivity contribution in [3.05, 3.63) is 213 Å². The lowest BCUT2D eigenvalue weighted by molar-refractivity contribution is 0.252. The van der Waals surface area contributed by atoms with Gasteiger partial charge in [0.25, 0.3) is 0 Å². The molecule has 0 aliphatic rings. The standard InChI is InChI=1S/C53H52O7.C2H6O/c1-37-5-13-41(14-6-37)31-57-50-23-21-45(27-52(50)59-33-43-17-9-39(3)10-18-43)35-55-48-25-47(30-54)26-49(29-48)56-36-46-22-24-51(58-32-42-15-7-38(2)8-16-42)53(28-46)60-34-44-19-11-40(4)12-20-44;1-2-3/h5-29,54H,30-36H2,1-4H3;3H,2H2,1H3. The highest BCUT2D eigenvalue weighted by Gasteiger charge is 2.13. The Balaban J connectivity index is 0.00000214. The molecule has 0 fully saturated rings. The molecule has 7 rings (SSSR count). The number of hydrogen-bond donors (Lipinski definition) is 2. The van der Waals surface area contributed by atoms with Crippen LogP contribution in [0.1, 0.15) is 68.1 Å². The van der Waals surface area contributed by atoms with Crippen molar-refractivity contribution in [1.29, 1.82) is 0 Å². The van der Waals surface area contributed by atoms with Crippen LogP contribution in [0.4, 0.5) is 0 Å². The maximum absolute atomic E-state index is 10.1. The first-order valence-electron chi connectivity index (χ1n) is 21.3. The second kappa shape index (κ2) is 23.5. The number of rotatable bonds is 19. The molecule has 8 heteroatoms. The molecule has 0 aliphatic heterocycles. The highest BCUT2D eigenvalue weighted by Crippen LogP contribution is 2.33. The van der Waals surface area contributed by atoms with Crippen molar-refractivity contribution in [1.82, 2.24) is 0 Å². The van der Waals surface area contributed by atoms with Crippen LogP contribution in [-0.2, 0) is 46.2 Å². The van der Waals surface area contributed by atoms with Crippen molar-refractivity contribution < 1.29 is 38.6 Å². The lowest BCUT2D eigenvalue weighted by atomic mass is 10.1. The molecule has 63 heavy (non-hydrogen) atoms. The fraction of sp³-hybridized carbons (Fsp3) is 0.236. The van der Waals surface area contributed by atoms with Crippen LogP contribution in [0.5, 0.6) is 34.5 Å². The van der Waals surface area contributed by atoms with E-state index < -0.39 is 0 Å². The van der Waals surface area contributed by atoms with Crippen molar-refractivity contribution >= 4 is 0 Å². The summed E-state index contributed by atoms with van der Waals surface area (Å²) < 4.78 is 37.8. The predicted octanol–water partition coefficient (Wildman–Crippen LogP) is 11.9. The molecule has 0 aromatic heterocycles. The maximum Gasteiger partial charge on any atom is 0.162 e. The van der Waals surface area contributed by atoms with Gasteiger partial charge in [0.05, 0.1) is 6.61 Å². The monoisotopic (exact) mass is 846 g/mol. The first kappa shape index (κ1) is 45.8. The quantitative estimate of drug-likeness (QED) is 0.0831. The summed E-state index contributed by atoms with van der Waals surface area (Å²) in [6.07, 6.45) is 0. The average molecular weight is 847 g/mol. The molecule has 8 nitrogen and oxygen atoms in total. The zero-order valence-electron chi connectivity index (χ0n) is 36.9. The van der Waals surface area contributed by atoms with Crippen molar-refractivity contribution in [2.75, 3.05) is 6.61 Å². The molecule has 7 aromatic carbocycles. The highest BCUT2D eigenvalue weighted by molar-refractivity contribution is 5.45. The van der Waals surface area contributed by atoms with Crippen molar-refractivity contribution in [2.24, 2.45) is 0 Å². The molecule has 0 saturated carbocycles. The third kappa shape index (κ3) is 14.7. The summed E-state index contributed by atoms with van der Waals surface area (Å²) in [5.74, 6) is 3.70. The fourth-order valence-corrected chi connectivity index (χ4v) is 6.35. The van der Waals surface area contributed by atoms with E-state index in [0.717, 1.165) is 33.4 Å². The van der Waals surface area contributed by atoms with E-state index in [9.17, 15) is 5.11 Å². The number of benzene rings is 7. The summed E-state index contributed by atoms with van der Waals surface area (Å²) in [4.78, 5) is 0. The molecule has 0 unspecified atom stereocenters. The SMILES string of the molecule is CCO.Cc1ccc(COc2ccc(COc3cc(CO)cc(OCc4ccc(OCc5ccc(C)cc5)c(OCc5ccc(C)cc5)c4)c3)cc2OCc2ccc(C)cc2)cc1. The van der Waals surface area contributed by atoms with E-state index in [1.807, 2.05) is 54.6 Å². The molecule has 0 radical (unpaired) electrons. The van der Waals surface area contributed by atoms with E-state index in [0.29, 0.717) is 66.5 Å². The van der Waals surface area contributed by atoms with E-state index in [1.54, 1.807) is 6.92 Å². The van der Waals surface area contributed by atoms with Gasteiger partial charge in [-0.15, -0.1) is 0 Å². The lowest BCUT2D eigenvalue weighted by Gasteiger charge is -2.16. The Labute approximate surface area is 372 Å². The molecule has 0 aliphatic carbocycles. The Hall–Kier alpha value is -6.74. The smallest absolute Gasteiger partial charge is 0.162 e. The van der Waals surface area contributed by atoms with Crippen LogP contribution in [-0.4, -0.2) is 16.8 Å². The van der Waals surface area contributed by atoms with Crippen LogP contribution in [0.2, 0.25) is 0 Å². The molecule has 0 bridgehead atoms. The van der Waals surface area contributed by atoms with Gasteiger partial charge in [0.1, 0.15) is 51.1 Å². The molecule has 7 aromatic rings. The minimum atomic E-state index is -0.165. The van der Waals surface area contributed by atoms with Crippen molar-refractivity contribution in [3.8, 4) is 34.5 Å². The predicted molar refractivity (Wildman–Crippen MR) is 249 cm³/mol. The van der Waals surface area contributed by atoms with Crippen LogP contribution in [0.15, 0.2) is 152 Å². The first-order chi connectivity index (χ1) is 30.7. The van der Waals surface area contributed by atoms with Crippen LogP contribution in [0, 0.1) is 27.7 Å². The Bertz CT molecular complexity index is 2290. The number of hydrogen-bond acceptors (Lipinski definition) is 8. The van der Waals surface area contributed by atoms with Crippen LogP contribution in [0.3, 0.4) is 0 Å². The van der Waals surface area contributed by atoms with Gasteiger partial charge in [-0.3, -0.25) is 0 Å². The molecule has 0 heterocycles. The van der Waals surface area contributed by atoms with E-state index in [-0.39, 0.29) is 26.4 Å². The molecular formula is C55H58O8. The zero-order valence-corrected chi connectivity index (χ0v) is 36.9. The zero-order chi connectivity index (χ0) is 44.4. The van der Waals surface area contributed by atoms with Crippen molar-refractivity contribution in [3.63, 3.8) is 0 Å². The summed E-state index contributed by atoms with van der Waals surface area (Å²) >= 11 is 0. The molecule has 0 saturated heterocycles. The van der Waals surface area contributed by atoms with E-state index in [2.05, 4.69) is 125 Å². The van der Waals surface area contributed by atoms with Gasteiger partial charge < -0.3 is 38.6 Å². The Morgan fingerprint density at radius 1 is 0.302 bits per heavy atom. The molecular weight excluding hydrogens is 789 g/mol. The number of ether oxygens (including phenoxy) is 6. The van der Waals surface area contributed by atoms with E-state index in [1.165, 1.54) is 22.3 Å². The van der Waals surface area contributed by atoms with Gasteiger partial charge in [-0.1, -0.05) is 131 Å². The second-order valence-electron chi connectivity index (χ2n) is 15.5. The number of aliphatic hydroxyl groups excluding tert-OH is 2. The van der Waals surface area contributed by atoms with Gasteiger partial charge >= 0.3 is 0 Å². The van der Waals surface area contributed by atoms with Gasteiger partial charge in [0.2, 0.25) is 0 Å². The minimum absolute atomic E-state index is 0.165. The summed E-state index contributed by atoms with van der Waals surface area (Å²) in [6, 6.07) is 50.4. The van der Waals surface area contributed by atoms with Gasteiger partial charge in [-0.25, -0.2) is 0 Å². The van der Waals surface area contributed by atoms with Crippen LogP contribution < -0.4 is 28.4 Å². The van der Waals surface area contributed by atoms with Gasteiger partial charge in [-0.05, 0) is 110 Å². The van der Waals surface area contributed by atoms with Crippen LogP contribution in [0.25, 0.3) is 0 Å². The lowest BCUT2D eigenvalue weighted by Crippen LogP contribution is -2.04. The summed E-state index contributed by atoms with van der Waals surface area (Å²) in [7, 11) is 0. The third-order valence-corrected chi connectivity index (χ3v) is 10.0. The van der Waals surface area contributed by atoms with Crippen LogP contribution >= 0.6 is 0 Å².